The smallest absolute Gasteiger partial charge is 0.0244 e. The zero-order valence-corrected chi connectivity index (χ0v) is 11.9. The Labute approximate surface area is 111 Å². The van der Waals surface area contributed by atoms with Crippen molar-refractivity contribution >= 4 is 0 Å². The zero-order valence-electron chi connectivity index (χ0n) is 11.9. The van der Waals surface area contributed by atoms with Crippen molar-refractivity contribution in [2.75, 3.05) is 26.2 Å². The lowest BCUT2D eigenvalue weighted by Crippen LogP contribution is -2.53. The van der Waals surface area contributed by atoms with Crippen LogP contribution in [0.3, 0.4) is 0 Å². The molecule has 0 saturated carbocycles. The summed E-state index contributed by atoms with van der Waals surface area (Å²) < 4.78 is 0. The van der Waals surface area contributed by atoms with Crippen LogP contribution < -0.4 is 5.32 Å². The van der Waals surface area contributed by atoms with Gasteiger partial charge in [0.1, 0.15) is 0 Å². The van der Waals surface area contributed by atoms with Crippen molar-refractivity contribution < 1.29 is 0 Å². The monoisotopic (exact) mass is 246 g/mol. The summed E-state index contributed by atoms with van der Waals surface area (Å²) in [6, 6.07) is 9.46. The van der Waals surface area contributed by atoms with E-state index in [0.717, 1.165) is 19.0 Å². The summed E-state index contributed by atoms with van der Waals surface area (Å²) in [5, 5.41) is 3.51. The third-order valence-electron chi connectivity index (χ3n) is 4.10. The quantitative estimate of drug-likeness (QED) is 0.878. The number of benzene rings is 1. The summed E-state index contributed by atoms with van der Waals surface area (Å²) in [6.45, 7) is 11.5. The fourth-order valence-corrected chi connectivity index (χ4v) is 2.86. The topological polar surface area (TPSA) is 15.3 Å². The molecule has 0 aliphatic carbocycles. The van der Waals surface area contributed by atoms with Crippen LogP contribution in [0, 0.1) is 12.8 Å². The number of rotatable bonds is 4. The Morgan fingerprint density at radius 1 is 1.33 bits per heavy atom. The molecular formula is C16H26N2. The average Bonchev–Trinajstić information content (AvgIpc) is 2.38. The predicted octanol–water partition coefficient (Wildman–Crippen LogP) is 2.47. The van der Waals surface area contributed by atoms with Gasteiger partial charge in [0, 0.05) is 32.2 Å². The molecule has 1 aromatic carbocycles. The highest BCUT2D eigenvalue weighted by Gasteiger charge is 2.24. The first-order valence-electron chi connectivity index (χ1n) is 7.17. The van der Waals surface area contributed by atoms with Gasteiger partial charge in [0.05, 0.1) is 0 Å². The van der Waals surface area contributed by atoms with Crippen molar-refractivity contribution in [2.45, 2.75) is 33.2 Å². The molecule has 2 rings (SSSR count). The van der Waals surface area contributed by atoms with E-state index in [0.29, 0.717) is 6.04 Å². The molecule has 1 fully saturated rings. The first-order chi connectivity index (χ1) is 8.68. The minimum Gasteiger partial charge on any atom is -0.314 e. The number of hydrogen-bond donors (Lipinski definition) is 1. The fraction of sp³-hybridized carbons (Fsp3) is 0.625. The highest BCUT2D eigenvalue weighted by Crippen LogP contribution is 2.15. The summed E-state index contributed by atoms with van der Waals surface area (Å²) in [4.78, 5) is 2.66. The van der Waals surface area contributed by atoms with Gasteiger partial charge in [0.25, 0.3) is 0 Å². The Morgan fingerprint density at radius 3 is 2.83 bits per heavy atom. The van der Waals surface area contributed by atoms with Crippen LogP contribution in [-0.2, 0) is 6.42 Å². The average molecular weight is 246 g/mol. The number of aryl methyl sites for hydroxylation is 1. The van der Waals surface area contributed by atoms with E-state index in [1.165, 1.54) is 30.6 Å². The molecule has 18 heavy (non-hydrogen) atoms. The second kappa shape index (κ2) is 6.35. The van der Waals surface area contributed by atoms with Crippen LogP contribution in [0.4, 0.5) is 0 Å². The van der Waals surface area contributed by atoms with Gasteiger partial charge in [-0.2, -0.15) is 0 Å². The third-order valence-corrected chi connectivity index (χ3v) is 4.10. The maximum Gasteiger partial charge on any atom is 0.0244 e. The van der Waals surface area contributed by atoms with E-state index in [4.69, 9.17) is 0 Å². The molecule has 1 N–H and O–H groups in total. The van der Waals surface area contributed by atoms with Gasteiger partial charge < -0.3 is 5.32 Å². The van der Waals surface area contributed by atoms with E-state index in [9.17, 15) is 0 Å². The first kappa shape index (κ1) is 13.6. The molecule has 1 heterocycles. The molecule has 1 aromatic rings. The number of piperazine rings is 1. The van der Waals surface area contributed by atoms with E-state index >= 15 is 0 Å². The highest BCUT2D eigenvalue weighted by atomic mass is 15.2. The van der Waals surface area contributed by atoms with E-state index in [-0.39, 0.29) is 0 Å². The lowest BCUT2D eigenvalue weighted by Gasteiger charge is -2.38. The SMILES string of the molecule is Cc1ccccc1CCN1CCNCC1C(C)C. The maximum absolute atomic E-state index is 3.51. The van der Waals surface area contributed by atoms with Crippen LogP contribution in [0.2, 0.25) is 0 Å². The minimum atomic E-state index is 0.697. The van der Waals surface area contributed by atoms with Crippen molar-refractivity contribution in [1.82, 2.24) is 10.2 Å². The van der Waals surface area contributed by atoms with Gasteiger partial charge in [0.15, 0.2) is 0 Å². The van der Waals surface area contributed by atoms with Gasteiger partial charge in [-0.25, -0.2) is 0 Å². The molecule has 1 aliphatic rings. The summed E-state index contributed by atoms with van der Waals surface area (Å²) in [7, 11) is 0. The van der Waals surface area contributed by atoms with E-state index < -0.39 is 0 Å². The Kier molecular flexibility index (Phi) is 4.79. The number of nitrogens with one attached hydrogen (secondary N) is 1. The summed E-state index contributed by atoms with van der Waals surface area (Å²) in [5.41, 5.74) is 2.92. The van der Waals surface area contributed by atoms with Crippen LogP contribution in [0.5, 0.6) is 0 Å². The standard InChI is InChI=1S/C16H26N2/c1-13(2)16-12-17-9-11-18(16)10-8-15-7-5-4-6-14(15)3/h4-7,13,16-17H,8-12H2,1-3H3. The minimum absolute atomic E-state index is 0.697. The Hall–Kier alpha value is -0.860. The number of hydrogen-bond acceptors (Lipinski definition) is 2. The zero-order chi connectivity index (χ0) is 13.0. The molecular weight excluding hydrogens is 220 g/mol. The number of nitrogens with zero attached hydrogens (tertiary/aromatic N) is 1. The molecule has 1 atom stereocenters. The van der Waals surface area contributed by atoms with Crippen LogP contribution in [0.15, 0.2) is 24.3 Å². The van der Waals surface area contributed by atoms with E-state index in [1.54, 1.807) is 0 Å². The largest absolute Gasteiger partial charge is 0.314 e. The van der Waals surface area contributed by atoms with Crippen molar-refractivity contribution in [3.05, 3.63) is 35.4 Å². The van der Waals surface area contributed by atoms with Crippen molar-refractivity contribution in [1.29, 1.82) is 0 Å². The molecule has 0 bridgehead atoms. The predicted molar refractivity (Wildman–Crippen MR) is 78.0 cm³/mol. The molecule has 1 saturated heterocycles. The Balaban J connectivity index is 1.94. The second-order valence-electron chi connectivity index (χ2n) is 5.73. The van der Waals surface area contributed by atoms with Crippen LogP contribution >= 0.6 is 0 Å². The normalized spacial score (nSPS) is 21.4. The highest BCUT2D eigenvalue weighted by molar-refractivity contribution is 5.25. The molecule has 100 valence electrons. The summed E-state index contributed by atoms with van der Waals surface area (Å²) in [5.74, 6) is 0.731. The van der Waals surface area contributed by atoms with Crippen molar-refractivity contribution in [3.8, 4) is 0 Å². The molecule has 2 heteroatoms. The molecule has 1 unspecified atom stereocenters. The molecule has 1 aliphatic heterocycles. The van der Waals surface area contributed by atoms with Gasteiger partial charge in [0.2, 0.25) is 0 Å². The molecule has 0 amide bonds. The van der Waals surface area contributed by atoms with Crippen molar-refractivity contribution in [3.63, 3.8) is 0 Å². The fourth-order valence-electron chi connectivity index (χ4n) is 2.86. The van der Waals surface area contributed by atoms with Gasteiger partial charge in [-0.05, 0) is 30.4 Å². The molecule has 0 aromatic heterocycles. The summed E-state index contributed by atoms with van der Waals surface area (Å²) in [6.07, 6.45) is 1.18. The van der Waals surface area contributed by atoms with Gasteiger partial charge >= 0.3 is 0 Å². The van der Waals surface area contributed by atoms with Crippen molar-refractivity contribution in [2.24, 2.45) is 5.92 Å². The first-order valence-corrected chi connectivity index (χ1v) is 7.17. The molecule has 0 spiro atoms. The van der Waals surface area contributed by atoms with E-state index in [2.05, 4.69) is 55.3 Å². The van der Waals surface area contributed by atoms with Crippen LogP contribution in [-0.4, -0.2) is 37.1 Å². The third kappa shape index (κ3) is 3.33. The van der Waals surface area contributed by atoms with Gasteiger partial charge in [-0.15, -0.1) is 0 Å². The van der Waals surface area contributed by atoms with Gasteiger partial charge in [-0.1, -0.05) is 38.1 Å². The van der Waals surface area contributed by atoms with E-state index in [1.807, 2.05) is 0 Å². The van der Waals surface area contributed by atoms with Crippen LogP contribution in [0.25, 0.3) is 0 Å². The lowest BCUT2D eigenvalue weighted by molar-refractivity contribution is 0.126. The second-order valence-corrected chi connectivity index (χ2v) is 5.73. The molecule has 0 radical (unpaired) electrons. The summed E-state index contributed by atoms with van der Waals surface area (Å²) >= 11 is 0. The Bertz CT molecular complexity index is 373. The molecule has 2 nitrogen and oxygen atoms in total. The van der Waals surface area contributed by atoms with Gasteiger partial charge in [-0.3, -0.25) is 4.90 Å². The Morgan fingerprint density at radius 2 is 2.11 bits per heavy atom. The maximum atomic E-state index is 3.51. The van der Waals surface area contributed by atoms with Crippen LogP contribution in [0.1, 0.15) is 25.0 Å². The lowest BCUT2D eigenvalue weighted by atomic mass is 9.99.